The highest BCUT2D eigenvalue weighted by atomic mass is 32.2. The molecule has 0 saturated carbocycles. The number of amides is 1. The molecule has 1 aromatic heterocycles. The zero-order valence-electron chi connectivity index (χ0n) is 14.7. The largest absolute Gasteiger partial charge is 0.325 e. The number of rotatable bonds is 5. The molecule has 0 aliphatic heterocycles. The van der Waals surface area contributed by atoms with Crippen LogP contribution < -0.4 is 5.32 Å². The maximum absolute atomic E-state index is 13.6. The smallest absolute Gasteiger partial charge is 0.237 e. The van der Waals surface area contributed by atoms with Gasteiger partial charge in [0.05, 0.1) is 5.25 Å². The van der Waals surface area contributed by atoms with Crippen molar-refractivity contribution in [3.63, 3.8) is 0 Å². The number of thioether (sulfide) groups is 1. The predicted molar refractivity (Wildman–Crippen MR) is 102 cm³/mol. The molecule has 0 fully saturated rings. The highest BCUT2D eigenvalue weighted by Crippen LogP contribution is 2.24. The number of aryl methyl sites for hydroxylation is 2. The average molecular weight is 370 g/mol. The van der Waals surface area contributed by atoms with Crippen molar-refractivity contribution < 1.29 is 9.18 Å². The molecule has 134 valence electrons. The predicted octanol–water partition coefficient (Wildman–Crippen LogP) is 4.35. The number of aromatic nitrogens is 3. The summed E-state index contributed by atoms with van der Waals surface area (Å²) >= 11 is 1.24. The molecule has 1 heterocycles. The number of carbonyl (C=O) groups is 1. The van der Waals surface area contributed by atoms with Crippen LogP contribution in [0.4, 0.5) is 10.1 Å². The van der Waals surface area contributed by atoms with Gasteiger partial charge in [-0.1, -0.05) is 47.7 Å². The van der Waals surface area contributed by atoms with Crippen LogP contribution in [0.1, 0.15) is 18.1 Å². The van der Waals surface area contributed by atoms with Crippen LogP contribution >= 0.6 is 11.8 Å². The molecule has 2 N–H and O–H groups in total. The lowest BCUT2D eigenvalue weighted by Crippen LogP contribution is -2.22. The van der Waals surface area contributed by atoms with Gasteiger partial charge in [-0.25, -0.2) is 9.37 Å². The SMILES string of the molecule is Cc1ccc(-c2nc(S[C@@H](C)C(=O)Nc3ccc(C)c(F)c3)n[nH]2)cc1. The standard InChI is InChI=1S/C19H19FN4OS/c1-11-4-7-14(8-5-11)17-22-19(24-23-17)26-13(3)18(25)21-15-9-6-12(2)16(20)10-15/h4-10,13H,1-3H3,(H,21,25)(H,22,23,24)/t13-/m0/s1. The molecule has 2 aromatic carbocycles. The van der Waals surface area contributed by atoms with E-state index in [0.717, 1.165) is 5.56 Å². The maximum atomic E-state index is 13.6. The first-order chi connectivity index (χ1) is 12.4. The number of anilines is 1. The lowest BCUT2D eigenvalue weighted by molar-refractivity contribution is -0.115. The number of hydrogen-bond donors (Lipinski definition) is 2. The van der Waals surface area contributed by atoms with Crippen LogP contribution in [0.15, 0.2) is 47.6 Å². The van der Waals surface area contributed by atoms with Gasteiger partial charge in [-0.3, -0.25) is 9.89 Å². The van der Waals surface area contributed by atoms with Crippen LogP contribution in [0.3, 0.4) is 0 Å². The molecular weight excluding hydrogens is 351 g/mol. The van der Waals surface area contributed by atoms with Gasteiger partial charge in [0.15, 0.2) is 5.82 Å². The van der Waals surface area contributed by atoms with Crippen LogP contribution in [0, 0.1) is 19.7 Å². The monoisotopic (exact) mass is 370 g/mol. The Hall–Kier alpha value is -2.67. The number of nitrogens with one attached hydrogen (secondary N) is 2. The lowest BCUT2D eigenvalue weighted by atomic mass is 10.1. The molecule has 0 spiro atoms. The van der Waals surface area contributed by atoms with Crippen LogP contribution in [0.25, 0.3) is 11.4 Å². The molecule has 0 aliphatic carbocycles. The van der Waals surface area contributed by atoms with E-state index in [9.17, 15) is 9.18 Å². The third kappa shape index (κ3) is 4.29. The molecule has 26 heavy (non-hydrogen) atoms. The van der Waals surface area contributed by atoms with Crippen molar-refractivity contribution in [3.8, 4) is 11.4 Å². The van der Waals surface area contributed by atoms with E-state index in [0.29, 0.717) is 22.2 Å². The summed E-state index contributed by atoms with van der Waals surface area (Å²) < 4.78 is 13.6. The van der Waals surface area contributed by atoms with Gasteiger partial charge in [0.2, 0.25) is 11.1 Å². The van der Waals surface area contributed by atoms with Gasteiger partial charge in [-0.2, -0.15) is 0 Å². The highest BCUT2D eigenvalue weighted by Gasteiger charge is 2.18. The van der Waals surface area contributed by atoms with Gasteiger partial charge in [0.1, 0.15) is 5.82 Å². The molecule has 0 bridgehead atoms. The molecule has 5 nitrogen and oxygen atoms in total. The van der Waals surface area contributed by atoms with Gasteiger partial charge < -0.3 is 5.32 Å². The molecule has 0 saturated heterocycles. The minimum Gasteiger partial charge on any atom is -0.325 e. The van der Waals surface area contributed by atoms with E-state index < -0.39 is 5.25 Å². The van der Waals surface area contributed by atoms with E-state index >= 15 is 0 Å². The highest BCUT2D eigenvalue weighted by molar-refractivity contribution is 8.00. The number of benzene rings is 2. The molecule has 1 amide bonds. The first kappa shape index (κ1) is 18.1. The summed E-state index contributed by atoms with van der Waals surface area (Å²) in [6, 6.07) is 12.6. The van der Waals surface area contributed by atoms with Gasteiger partial charge in [-0.05, 0) is 38.5 Å². The van der Waals surface area contributed by atoms with Gasteiger partial charge in [0.25, 0.3) is 0 Å². The lowest BCUT2D eigenvalue weighted by Gasteiger charge is -2.10. The summed E-state index contributed by atoms with van der Waals surface area (Å²) in [5, 5.41) is 9.81. The number of aromatic amines is 1. The third-order valence-electron chi connectivity index (χ3n) is 3.88. The topological polar surface area (TPSA) is 70.7 Å². The fourth-order valence-corrected chi connectivity index (χ4v) is 2.99. The van der Waals surface area contributed by atoms with E-state index in [1.165, 1.54) is 23.4 Å². The maximum Gasteiger partial charge on any atom is 0.237 e. The fourth-order valence-electron chi connectivity index (χ4n) is 2.27. The second-order valence-corrected chi connectivity index (χ2v) is 7.35. The van der Waals surface area contributed by atoms with Crippen LogP contribution in [0.5, 0.6) is 0 Å². The van der Waals surface area contributed by atoms with E-state index in [1.54, 1.807) is 26.0 Å². The minimum atomic E-state index is -0.430. The minimum absolute atomic E-state index is 0.236. The van der Waals surface area contributed by atoms with E-state index in [2.05, 4.69) is 20.5 Å². The molecule has 1 atom stereocenters. The van der Waals surface area contributed by atoms with Gasteiger partial charge in [0, 0.05) is 11.3 Å². The molecule has 0 radical (unpaired) electrons. The van der Waals surface area contributed by atoms with Crippen LogP contribution in [-0.4, -0.2) is 26.3 Å². The molecule has 3 aromatic rings. The van der Waals surface area contributed by atoms with Crippen LogP contribution in [-0.2, 0) is 4.79 Å². The Morgan fingerprint density at radius 2 is 1.92 bits per heavy atom. The summed E-state index contributed by atoms with van der Waals surface area (Å²) in [5.74, 6) is 0.0699. The number of H-pyrrole nitrogens is 1. The Bertz CT molecular complexity index is 924. The second kappa shape index (κ2) is 7.70. The quantitative estimate of drug-likeness (QED) is 0.655. The summed E-state index contributed by atoms with van der Waals surface area (Å²) in [6.45, 7) is 5.45. The first-order valence-electron chi connectivity index (χ1n) is 8.15. The van der Waals surface area contributed by atoms with Gasteiger partial charge >= 0.3 is 0 Å². The second-order valence-electron chi connectivity index (χ2n) is 6.05. The zero-order chi connectivity index (χ0) is 18.7. The molecule has 7 heteroatoms. The van der Waals surface area contributed by atoms with E-state index in [-0.39, 0.29) is 11.7 Å². The van der Waals surface area contributed by atoms with Crippen molar-refractivity contribution in [2.45, 2.75) is 31.2 Å². The zero-order valence-corrected chi connectivity index (χ0v) is 15.5. The summed E-state index contributed by atoms with van der Waals surface area (Å²) in [4.78, 5) is 16.7. The normalized spacial score (nSPS) is 12.0. The first-order valence-corrected chi connectivity index (χ1v) is 9.03. The van der Waals surface area contributed by atoms with Crippen molar-refractivity contribution in [1.29, 1.82) is 0 Å². The number of nitrogens with zero attached hydrogens (tertiary/aromatic N) is 2. The summed E-state index contributed by atoms with van der Waals surface area (Å²) in [7, 11) is 0. The molecule has 0 aliphatic rings. The van der Waals surface area contributed by atoms with E-state index in [1.807, 2.05) is 31.2 Å². The number of hydrogen-bond acceptors (Lipinski definition) is 4. The van der Waals surface area contributed by atoms with Crippen molar-refractivity contribution in [2.24, 2.45) is 0 Å². The molecular formula is C19H19FN4OS. The van der Waals surface area contributed by atoms with E-state index in [4.69, 9.17) is 0 Å². The Morgan fingerprint density at radius 1 is 1.19 bits per heavy atom. The Morgan fingerprint density at radius 3 is 2.62 bits per heavy atom. The van der Waals surface area contributed by atoms with Crippen molar-refractivity contribution in [2.75, 3.05) is 5.32 Å². The number of halogens is 1. The fraction of sp³-hybridized carbons (Fsp3) is 0.211. The van der Waals surface area contributed by atoms with Crippen LogP contribution in [0.2, 0.25) is 0 Å². The van der Waals surface area contributed by atoms with Crippen molar-refractivity contribution in [1.82, 2.24) is 15.2 Å². The Labute approximate surface area is 155 Å². The Balaban J connectivity index is 1.64. The molecule has 3 rings (SSSR count). The van der Waals surface area contributed by atoms with Gasteiger partial charge in [-0.15, -0.1) is 5.10 Å². The van der Waals surface area contributed by atoms with Crippen molar-refractivity contribution in [3.05, 3.63) is 59.4 Å². The average Bonchev–Trinajstić information content (AvgIpc) is 3.07. The summed E-state index contributed by atoms with van der Waals surface area (Å²) in [5.41, 5.74) is 3.07. The Kier molecular flexibility index (Phi) is 5.37. The summed E-state index contributed by atoms with van der Waals surface area (Å²) in [6.07, 6.45) is 0. The van der Waals surface area contributed by atoms with Crippen molar-refractivity contribution >= 4 is 23.4 Å². The number of carbonyl (C=O) groups excluding carboxylic acids is 1. The third-order valence-corrected chi connectivity index (χ3v) is 4.84. The molecule has 0 unspecified atom stereocenters.